The first kappa shape index (κ1) is 32.2. The van der Waals surface area contributed by atoms with E-state index in [1.807, 2.05) is 42.5 Å². The normalized spacial score (nSPS) is 12.7. The number of amides is 2. The summed E-state index contributed by atoms with van der Waals surface area (Å²) in [6, 6.07) is 25.9. The van der Waals surface area contributed by atoms with Crippen LogP contribution in [-0.4, -0.2) is 58.9 Å². The standard InChI is InChI=1S/C33H33F3N4O4/c1-40(22-27-14-5-6-16-38-27)32(43)26-13-8-12-25(19-26)31(42)39-29(18-23-9-3-2-4-10-23)30(41)21-37-20-24-11-7-15-28(17-24)44-33(34,35)36/h2-17,19,29-30,37,41H,18,20-22H2,1H3,(H,39,42). The van der Waals surface area contributed by atoms with Crippen molar-refractivity contribution in [1.82, 2.24) is 20.5 Å². The monoisotopic (exact) mass is 606 g/mol. The predicted molar refractivity (Wildman–Crippen MR) is 159 cm³/mol. The van der Waals surface area contributed by atoms with Crippen molar-refractivity contribution in [2.45, 2.75) is 38.0 Å². The lowest BCUT2D eigenvalue weighted by Crippen LogP contribution is -2.48. The number of hydrogen-bond acceptors (Lipinski definition) is 6. The van der Waals surface area contributed by atoms with Crippen molar-refractivity contribution in [2.24, 2.45) is 0 Å². The van der Waals surface area contributed by atoms with Crippen LogP contribution >= 0.6 is 0 Å². The Bertz CT molecular complexity index is 1520. The summed E-state index contributed by atoms with van der Waals surface area (Å²) in [6.45, 7) is 0.501. The fraction of sp³-hybridized carbons (Fsp3) is 0.242. The molecule has 0 radical (unpaired) electrons. The van der Waals surface area contributed by atoms with Crippen LogP contribution in [0.5, 0.6) is 5.75 Å². The number of rotatable bonds is 13. The van der Waals surface area contributed by atoms with Gasteiger partial charge in [0.1, 0.15) is 5.75 Å². The van der Waals surface area contributed by atoms with E-state index in [2.05, 4.69) is 20.4 Å². The van der Waals surface area contributed by atoms with Crippen LogP contribution in [-0.2, 0) is 19.5 Å². The molecule has 44 heavy (non-hydrogen) atoms. The molecule has 0 saturated carbocycles. The number of aromatic nitrogens is 1. The van der Waals surface area contributed by atoms with Crippen LogP contribution in [0.4, 0.5) is 13.2 Å². The van der Waals surface area contributed by atoms with Crippen LogP contribution in [0.25, 0.3) is 0 Å². The predicted octanol–water partition coefficient (Wildman–Crippen LogP) is 4.74. The van der Waals surface area contributed by atoms with E-state index in [0.717, 1.165) is 11.3 Å². The Labute approximate surface area is 253 Å². The molecule has 0 fully saturated rings. The van der Waals surface area contributed by atoms with Gasteiger partial charge in [0, 0.05) is 37.5 Å². The summed E-state index contributed by atoms with van der Waals surface area (Å²) < 4.78 is 41.7. The Morgan fingerprint density at radius 1 is 0.909 bits per heavy atom. The summed E-state index contributed by atoms with van der Waals surface area (Å²) in [5, 5.41) is 17.0. The molecule has 2 amide bonds. The minimum Gasteiger partial charge on any atom is -0.406 e. The lowest BCUT2D eigenvalue weighted by molar-refractivity contribution is -0.274. The number of pyridine rings is 1. The van der Waals surface area contributed by atoms with Crippen LogP contribution in [0, 0.1) is 0 Å². The maximum atomic E-state index is 13.3. The summed E-state index contributed by atoms with van der Waals surface area (Å²) >= 11 is 0. The molecule has 8 nitrogen and oxygen atoms in total. The molecule has 3 N–H and O–H groups in total. The largest absolute Gasteiger partial charge is 0.573 e. The third-order valence-electron chi connectivity index (χ3n) is 6.74. The molecule has 0 aliphatic heterocycles. The molecule has 2 atom stereocenters. The third-order valence-corrected chi connectivity index (χ3v) is 6.74. The van der Waals surface area contributed by atoms with E-state index in [1.165, 1.54) is 29.2 Å². The minimum absolute atomic E-state index is 0.0407. The maximum Gasteiger partial charge on any atom is 0.573 e. The van der Waals surface area contributed by atoms with Crippen LogP contribution in [0.15, 0.2) is 103 Å². The second kappa shape index (κ2) is 15.1. The van der Waals surface area contributed by atoms with Crippen molar-refractivity contribution in [3.8, 4) is 5.75 Å². The molecule has 0 saturated heterocycles. The molecule has 1 heterocycles. The summed E-state index contributed by atoms with van der Waals surface area (Å²) in [4.78, 5) is 32.2. The molecule has 0 bridgehead atoms. The molecular weight excluding hydrogens is 573 g/mol. The fourth-order valence-electron chi connectivity index (χ4n) is 4.58. The van der Waals surface area contributed by atoms with E-state index in [0.29, 0.717) is 24.1 Å². The molecule has 0 aliphatic rings. The smallest absolute Gasteiger partial charge is 0.406 e. The number of nitrogens with zero attached hydrogens (tertiary/aromatic N) is 2. The highest BCUT2D eigenvalue weighted by atomic mass is 19.4. The highest BCUT2D eigenvalue weighted by molar-refractivity contribution is 5.99. The summed E-state index contributed by atoms with van der Waals surface area (Å²) in [5.74, 6) is -1.08. The van der Waals surface area contributed by atoms with Crippen molar-refractivity contribution >= 4 is 11.8 Å². The van der Waals surface area contributed by atoms with E-state index in [4.69, 9.17) is 0 Å². The molecule has 0 spiro atoms. The number of carbonyl (C=O) groups is 2. The zero-order valence-corrected chi connectivity index (χ0v) is 24.0. The lowest BCUT2D eigenvalue weighted by Gasteiger charge is -2.25. The van der Waals surface area contributed by atoms with Gasteiger partial charge in [-0.15, -0.1) is 13.2 Å². The maximum absolute atomic E-state index is 13.3. The first-order valence-corrected chi connectivity index (χ1v) is 13.9. The lowest BCUT2D eigenvalue weighted by atomic mass is 10.00. The molecule has 4 rings (SSSR count). The number of halogens is 3. The third kappa shape index (κ3) is 9.92. The van der Waals surface area contributed by atoms with E-state index in [-0.39, 0.29) is 30.3 Å². The van der Waals surface area contributed by atoms with Crippen LogP contribution in [0.1, 0.15) is 37.5 Å². The Kier molecular flexibility index (Phi) is 11.1. The zero-order valence-electron chi connectivity index (χ0n) is 24.0. The molecule has 11 heteroatoms. The SMILES string of the molecule is CN(Cc1ccccn1)C(=O)c1cccc(C(=O)NC(Cc2ccccc2)C(O)CNCc2cccc(OC(F)(F)F)c2)c1. The van der Waals surface area contributed by atoms with E-state index in [9.17, 15) is 27.9 Å². The highest BCUT2D eigenvalue weighted by Crippen LogP contribution is 2.23. The van der Waals surface area contributed by atoms with Gasteiger partial charge >= 0.3 is 6.36 Å². The molecule has 1 aromatic heterocycles. The number of nitrogens with one attached hydrogen (secondary N) is 2. The number of carbonyl (C=O) groups excluding carboxylic acids is 2. The summed E-state index contributed by atoms with van der Waals surface area (Å²) in [6.07, 6.45) is -3.88. The number of aliphatic hydroxyl groups excluding tert-OH is 1. The topological polar surface area (TPSA) is 104 Å². The Morgan fingerprint density at radius 3 is 2.34 bits per heavy atom. The van der Waals surface area contributed by atoms with Crippen LogP contribution in [0.3, 0.4) is 0 Å². The quantitative estimate of drug-likeness (QED) is 0.203. The first-order valence-electron chi connectivity index (χ1n) is 13.9. The molecule has 4 aromatic rings. The van der Waals surface area contributed by atoms with Gasteiger partial charge in [-0.2, -0.15) is 0 Å². The molecule has 3 aromatic carbocycles. The number of hydrogen-bond donors (Lipinski definition) is 3. The second-order valence-corrected chi connectivity index (χ2v) is 10.2. The van der Waals surface area contributed by atoms with Crippen molar-refractivity contribution < 1.29 is 32.6 Å². The fourth-order valence-corrected chi connectivity index (χ4v) is 4.58. The Morgan fingerprint density at radius 2 is 1.61 bits per heavy atom. The molecule has 230 valence electrons. The second-order valence-electron chi connectivity index (χ2n) is 10.2. The van der Waals surface area contributed by atoms with Crippen molar-refractivity contribution in [3.05, 3.63) is 131 Å². The number of ether oxygens (including phenoxy) is 1. The van der Waals surface area contributed by atoms with Gasteiger partial charge in [-0.1, -0.05) is 54.6 Å². The molecule has 2 unspecified atom stereocenters. The van der Waals surface area contributed by atoms with Gasteiger partial charge < -0.3 is 25.4 Å². The average molecular weight is 607 g/mol. The number of benzene rings is 3. The van der Waals surface area contributed by atoms with Crippen molar-refractivity contribution in [2.75, 3.05) is 13.6 Å². The Hall–Kier alpha value is -4.74. The first-order chi connectivity index (χ1) is 21.1. The minimum atomic E-state index is -4.80. The van der Waals surface area contributed by atoms with Crippen molar-refractivity contribution in [3.63, 3.8) is 0 Å². The Balaban J connectivity index is 1.41. The van der Waals surface area contributed by atoms with Crippen LogP contribution in [0.2, 0.25) is 0 Å². The van der Waals surface area contributed by atoms with Crippen LogP contribution < -0.4 is 15.4 Å². The van der Waals surface area contributed by atoms with Gasteiger partial charge in [-0.25, -0.2) is 0 Å². The number of alkyl halides is 3. The molecular formula is C33H33F3N4O4. The average Bonchev–Trinajstić information content (AvgIpc) is 3.00. The van der Waals surface area contributed by atoms with Gasteiger partial charge in [-0.3, -0.25) is 14.6 Å². The van der Waals surface area contributed by atoms with Gasteiger partial charge in [0.25, 0.3) is 11.8 Å². The summed E-state index contributed by atoms with van der Waals surface area (Å²) in [7, 11) is 1.66. The number of aliphatic hydroxyl groups is 1. The summed E-state index contributed by atoms with van der Waals surface area (Å²) in [5.41, 5.74) is 2.72. The van der Waals surface area contributed by atoms with E-state index >= 15 is 0 Å². The van der Waals surface area contributed by atoms with Gasteiger partial charge in [0.15, 0.2) is 0 Å². The molecule has 0 aliphatic carbocycles. The highest BCUT2D eigenvalue weighted by Gasteiger charge is 2.31. The van der Waals surface area contributed by atoms with E-state index < -0.39 is 24.4 Å². The van der Waals surface area contributed by atoms with Gasteiger partial charge in [0.2, 0.25) is 0 Å². The van der Waals surface area contributed by atoms with Gasteiger partial charge in [0.05, 0.1) is 24.4 Å². The van der Waals surface area contributed by atoms with Gasteiger partial charge in [-0.05, 0) is 60.0 Å². The van der Waals surface area contributed by atoms with Crippen molar-refractivity contribution in [1.29, 1.82) is 0 Å². The zero-order chi connectivity index (χ0) is 31.5. The van der Waals surface area contributed by atoms with E-state index in [1.54, 1.807) is 43.6 Å².